The summed E-state index contributed by atoms with van der Waals surface area (Å²) in [5.41, 5.74) is 1.36. The van der Waals surface area contributed by atoms with E-state index in [0.717, 1.165) is 11.3 Å². The number of hydrogen-bond donors (Lipinski definition) is 0. The molecule has 0 saturated carbocycles. The Morgan fingerprint density at radius 3 is 2.63 bits per heavy atom. The molecule has 1 aliphatic rings. The Balaban J connectivity index is 1.96. The van der Waals surface area contributed by atoms with Crippen molar-refractivity contribution in [3.8, 4) is 0 Å². The Morgan fingerprint density at radius 1 is 1.27 bits per heavy atom. The molecule has 1 unspecified atom stereocenters. The maximum Gasteiger partial charge on any atom is 0.338 e. The van der Waals surface area contributed by atoms with Crippen molar-refractivity contribution >= 4 is 35.0 Å². The molecule has 2 aromatic heterocycles. The van der Waals surface area contributed by atoms with Crippen molar-refractivity contribution in [3.63, 3.8) is 0 Å². The molecule has 154 valence electrons. The molecule has 0 fully saturated rings. The largest absolute Gasteiger partial charge is 0.463 e. The monoisotopic (exact) mass is 442 g/mol. The normalized spacial score (nSPS) is 16.4. The zero-order chi connectivity index (χ0) is 21.4. The van der Waals surface area contributed by atoms with Crippen molar-refractivity contribution < 1.29 is 13.9 Å². The molecule has 0 N–H and O–H groups in total. The standard InChI is InChI=1S/C22H19ClN2O4S/c1-4-28-21(27)18-13(3)24-22-25(19(18)14-6-8-15(23)9-7-14)20(26)17(30-22)11-16-10-5-12(2)29-16/h5-11,19H,4H2,1-3H3/b17-11-. The minimum Gasteiger partial charge on any atom is -0.463 e. The molecule has 8 heteroatoms. The molecule has 6 nitrogen and oxygen atoms in total. The number of fused-ring (bicyclic) bond motifs is 1. The summed E-state index contributed by atoms with van der Waals surface area (Å²) in [5, 5.41) is 0.567. The summed E-state index contributed by atoms with van der Waals surface area (Å²) in [6, 6.07) is 10.1. The molecule has 0 amide bonds. The lowest BCUT2D eigenvalue weighted by molar-refractivity contribution is -0.139. The molecule has 0 bridgehead atoms. The van der Waals surface area contributed by atoms with E-state index in [0.29, 0.717) is 31.4 Å². The van der Waals surface area contributed by atoms with E-state index in [1.807, 2.05) is 13.0 Å². The van der Waals surface area contributed by atoms with Crippen LogP contribution in [0.1, 0.15) is 37.0 Å². The minimum atomic E-state index is -0.655. The van der Waals surface area contributed by atoms with Crippen LogP contribution in [0.4, 0.5) is 0 Å². The third kappa shape index (κ3) is 3.66. The minimum absolute atomic E-state index is 0.227. The Labute approximate surface area is 181 Å². The number of benzene rings is 1. The van der Waals surface area contributed by atoms with E-state index < -0.39 is 12.0 Å². The van der Waals surface area contributed by atoms with E-state index in [1.165, 1.54) is 15.9 Å². The second kappa shape index (κ2) is 8.08. The summed E-state index contributed by atoms with van der Waals surface area (Å²) < 4.78 is 12.9. The maximum absolute atomic E-state index is 13.3. The predicted octanol–water partition coefficient (Wildman–Crippen LogP) is 3.35. The van der Waals surface area contributed by atoms with Crippen LogP contribution < -0.4 is 14.9 Å². The summed E-state index contributed by atoms with van der Waals surface area (Å²) in [5.74, 6) is 0.852. The topological polar surface area (TPSA) is 73.8 Å². The Kier molecular flexibility index (Phi) is 5.49. The molecule has 0 radical (unpaired) electrons. The number of halogens is 1. The van der Waals surface area contributed by atoms with Gasteiger partial charge in [0.2, 0.25) is 0 Å². The summed E-state index contributed by atoms with van der Waals surface area (Å²) in [4.78, 5) is 31.2. The van der Waals surface area contributed by atoms with Crippen molar-refractivity contribution in [2.24, 2.45) is 4.99 Å². The molecule has 0 aliphatic carbocycles. The summed E-state index contributed by atoms with van der Waals surface area (Å²) >= 11 is 7.31. The maximum atomic E-state index is 13.3. The van der Waals surface area contributed by atoms with Gasteiger partial charge in [0.05, 0.1) is 28.5 Å². The van der Waals surface area contributed by atoms with Crippen LogP contribution in [0.5, 0.6) is 0 Å². The van der Waals surface area contributed by atoms with Gasteiger partial charge in [0.15, 0.2) is 4.80 Å². The number of carbonyl (C=O) groups is 1. The van der Waals surface area contributed by atoms with Crippen LogP contribution in [0.2, 0.25) is 5.02 Å². The van der Waals surface area contributed by atoms with Gasteiger partial charge in [0, 0.05) is 11.1 Å². The van der Waals surface area contributed by atoms with Crippen LogP contribution in [0.15, 0.2) is 61.9 Å². The fourth-order valence-corrected chi connectivity index (χ4v) is 4.56. The van der Waals surface area contributed by atoms with Crippen molar-refractivity contribution in [2.75, 3.05) is 6.61 Å². The number of allylic oxidation sites excluding steroid dienone is 1. The van der Waals surface area contributed by atoms with Crippen LogP contribution >= 0.6 is 22.9 Å². The number of aromatic nitrogens is 1. The third-order valence-electron chi connectivity index (χ3n) is 4.74. The van der Waals surface area contributed by atoms with Gasteiger partial charge in [0.1, 0.15) is 11.5 Å². The molecule has 1 aromatic carbocycles. The zero-order valence-electron chi connectivity index (χ0n) is 16.6. The molecule has 4 rings (SSSR count). The first-order valence-corrected chi connectivity index (χ1v) is 10.6. The second-order valence-corrected chi connectivity index (χ2v) is 8.25. The fourth-order valence-electron chi connectivity index (χ4n) is 3.41. The van der Waals surface area contributed by atoms with E-state index in [2.05, 4.69) is 4.99 Å². The van der Waals surface area contributed by atoms with Crippen LogP contribution in [-0.2, 0) is 9.53 Å². The molecule has 1 atom stereocenters. The van der Waals surface area contributed by atoms with Gasteiger partial charge in [0.25, 0.3) is 5.56 Å². The van der Waals surface area contributed by atoms with Gasteiger partial charge in [-0.3, -0.25) is 9.36 Å². The number of nitrogens with zero attached hydrogens (tertiary/aromatic N) is 2. The number of ether oxygens (including phenoxy) is 1. The van der Waals surface area contributed by atoms with Crippen molar-refractivity contribution in [1.29, 1.82) is 0 Å². The Morgan fingerprint density at radius 2 is 2.00 bits per heavy atom. The highest BCUT2D eigenvalue weighted by Gasteiger charge is 2.33. The first-order valence-electron chi connectivity index (χ1n) is 9.40. The zero-order valence-corrected chi connectivity index (χ0v) is 18.2. The average Bonchev–Trinajstić information content (AvgIpc) is 3.24. The highest BCUT2D eigenvalue weighted by Crippen LogP contribution is 2.31. The van der Waals surface area contributed by atoms with Crippen LogP contribution in [0, 0.1) is 6.92 Å². The lowest BCUT2D eigenvalue weighted by atomic mass is 9.96. The molecular formula is C22H19ClN2O4S. The van der Waals surface area contributed by atoms with Crippen LogP contribution in [0.25, 0.3) is 6.08 Å². The molecule has 3 heterocycles. The SMILES string of the molecule is CCOC(=O)C1=C(C)N=c2s/c(=C\c3ccc(C)o3)c(=O)n2C1c1ccc(Cl)cc1. The lowest BCUT2D eigenvalue weighted by Gasteiger charge is -2.24. The highest BCUT2D eigenvalue weighted by atomic mass is 35.5. The highest BCUT2D eigenvalue weighted by molar-refractivity contribution is 7.07. The Hall–Kier alpha value is -2.90. The first-order chi connectivity index (χ1) is 14.4. The van der Waals surface area contributed by atoms with E-state index in [-0.39, 0.29) is 12.2 Å². The van der Waals surface area contributed by atoms with Crippen molar-refractivity contribution in [2.45, 2.75) is 26.8 Å². The number of aryl methyl sites for hydroxylation is 1. The van der Waals surface area contributed by atoms with E-state index in [1.54, 1.807) is 50.3 Å². The number of esters is 1. The van der Waals surface area contributed by atoms with Crippen molar-refractivity contribution in [1.82, 2.24) is 4.57 Å². The molecule has 1 aliphatic heterocycles. The van der Waals surface area contributed by atoms with Gasteiger partial charge >= 0.3 is 5.97 Å². The number of rotatable bonds is 4. The van der Waals surface area contributed by atoms with E-state index in [9.17, 15) is 9.59 Å². The van der Waals surface area contributed by atoms with Crippen LogP contribution in [-0.4, -0.2) is 17.1 Å². The van der Waals surface area contributed by atoms with Gasteiger partial charge in [-0.05, 0) is 50.6 Å². The Bertz CT molecular complexity index is 1330. The van der Waals surface area contributed by atoms with Gasteiger partial charge in [-0.15, -0.1) is 0 Å². The molecule has 0 spiro atoms. The van der Waals surface area contributed by atoms with E-state index in [4.69, 9.17) is 20.8 Å². The first kappa shape index (κ1) is 20.4. The summed E-state index contributed by atoms with van der Waals surface area (Å²) in [7, 11) is 0. The predicted molar refractivity (Wildman–Crippen MR) is 115 cm³/mol. The second-order valence-electron chi connectivity index (χ2n) is 6.80. The number of furan rings is 1. The van der Waals surface area contributed by atoms with Crippen LogP contribution in [0.3, 0.4) is 0 Å². The van der Waals surface area contributed by atoms with Gasteiger partial charge < -0.3 is 9.15 Å². The number of hydrogen-bond acceptors (Lipinski definition) is 6. The smallest absolute Gasteiger partial charge is 0.338 e. The average molecular weight is 443 g/mol. The van der Waals surface area contributed by atoms with E-state index >= 15 is 0 Å². The fraction of sp³-hybridized carbons (Fsp3) is 0.227. The van der Waals surface area contributed by atoms with Gasteiger partial charge in [-0.25, -0.2) is 9.79 Å². The summed E-state index contributed by atoms with van der Waals surface area (Å²) in [6.07, 6.45) is 1.69. The quantitative estimate of drug-likeness (QED) is 0.581. The number of carbonyl (C=O) groups excluding carboxylic acids is 1. The molecular weight excluding hydrogens is 424 g/mol. The number of thiazole rings is 1. The molecule has 30 heavy (non-hydrogen) atoms. The van der Waals surface area contributed by atoms with Crippen molar-refractivity contribution in [3.05, 3.63) is 89.5 Å². The molecule has 3 aromatic rings. The summed E-state index contributed by atoms with van der Waals surface area (Å²) in [6.45, 7) is 5.56. The van der Waals surface area contributed by atoms with Gasteiger partial charge in [-0.2, -0.15) is 0 Å². The van der Waals surface area contributed by atoms with Gasteiger partial charge in [-0.1, -0.05) is 35.1 Å². The lowest BCUT2D eigenvalue weighted by Crippen LogP contribution is -2.39. The molecule has 0 saturated heterocycles. The third-order valence-corrected chi connectivity index (χ3v) is 5.97.